The summed E-state index contributed by atoms with van der Waals surface area (Å²) >= 11 is 1.46. The number of nitrogens with one attached hydrogen (secondary N) is 1. The fourth-order valence-electron chi connectivity index (χ4n) is 1.70. The second-order valence-corrected chi connectivity index (χ2v) is 7.14. The van der Waals surface area contributed by atoms with E-state index in [1.165, 1.54) is 18.0 Å². The Balaban J connectivity index is 2.17. The van der Waals surface area contributed by atoms with Crippen LogP contribution in [-0.4, -0.2) is 33.2 Å². The summed E-state index contributed by atoms with van der Waals surface area (Å²) in [5.74, 6) is 0.638. The zero-order chi connectivity index (χ0) is 13.3. The van der Waals surface area contributed by atoms with Gasteiger partial charge in [-0.15, -0.1) is 0 Å². The first-order chi connectivity index (χ1) is 8.49. The van der Waals surface area contributed by atoms with Crippen LogP contribution >= 0.6 is 19.6 Å². The molecular formula is C10H14N2O4PS+. The Kier molecular flexibility index (Phi) is 4.04. The van der Waals surface area contributed by atoms with Crippen molar-refractivity contribution in [3.63, 3.8) is 0 Å². The van der Waals surface area contributed by atoms with Crippen molar-refractivity contribution in [1.82, 2.24) is 9.55 Å². The first-order valence-electron chi connectivity index (χ1n) is 5.45. The molecule has 3 unspecified atom stereocenters. The Bertz CT molecular complexity index is 582. The molecular weight excluding hydrogens is 275 g/mol. The lowest BCUT2D eigenvalue weighted by atomic mass is 10.3. The van der Waals surface area contributed by atoms with Crippen molar-refractivity contribution >= 4 is 19.6 Å². The van der Waals surface area contributed by atoms with Gasteiger partial charge in [0.05, 0.1) is 12.6 Å². The SMILES string of the molecule is Cc1c[nH]c(=O)n(CC2CSC([P+](C)=O)O2)c1=O. The Labute approximate surface area is 109 Å². The van der Waals surface area contributed by atoms with Crippen LogP contribution in [0.3, 0.4) is 0 Å². The number of H-pyrrole nitrogens is 1. The van der Waals surface area contributed by atoms with E-state index in [1.54, 1.807) is 13.6 Å². The number of rotatable bonds is 3. The molecule has 1 aliphatic rings. The molecule has 8 heteroatoms. The zero-order valence-corrected chi connectivity index (χ0v) is 11.8. The van der Waals surface area contributed by atoms with Gasteiger partial charge in [0.1, 0.15) is 6.66 Å². The number of hydrogen-bond acceptors (Lipinski definition) is 5. The van der Waals surface area contributed by atoms with Crippen molar-refractivity contribution in [1.29, 1.82) is 0 Å². The van der Waals surface area contributed by atoms with E-state index in [9.17, 15) is 14.2 Å². The normalized spacial score (nSPS) is 24.2. The van der Waals surface area contributed by atoms with Gasteiger partial charge < -0.3 is 9.72 Å². The summed E-state index contributed by atoms with van der Waals surface area (Å²) in [4.78, 5) is 25.9. The number of aryl methyl sites for hydroxylation is 1. The van der Waals surface area contributed by atoms with E-state index in [-0.39, 0.29) is 23.4 Å². The van der Waals surface area contributed by atoms with Crippen LogP contribution in [0.25, 0.3) is 0 Å². The van der Waals surface area contributed by atoms with Gasteiger partial charge in [0.25, 0.3) is 5.56 Å². The summed E-state index contributed by atoms with van der Waals surface area (Å²) < 4.78 is 18.0. The first kappa shape index (κ1) is 13.5. The monoisotopic (exact) mass is 289 g/mol. The van der Waals surface area contributed by atoms with Crippen LogP contribution < -0.4 is 11.2 Å². The molecule has 0 saturated carbocycles. The van der Waals surface area contributed by atoms with E-state index in [4.69, 9.17) is 4.74 Å². The molecule has 1 fully saturated rings. The molecule has 0 bridgehead atoms. The highest BCUT2D eigenvalue weighted by molar-refractivity contribution is 8.04. The molecule has 98 valence electrons. The second kappa shape index (κ2) is 5.38. The third kappa shape index (κ3) is 2.74. The molecule has 0 aromatic carbocycles. The lowest BCUT2D eigenvalue weighted by Crippen LogP contribution is -2.39. The van der Waals surface area contributed by atoms with Crippen molar-refractivity contribution in [2.75, 3.05) is 12.4 Å². The third-order valence-electron chi connectivity index (χ3n) is 2.66. The molecule has 0 radical (unpaired) electrons. The molecule has 1 aromatic rings. The lowest BCUT2D eigenvalue weighted by molar-refractivity contribution is 0.0883. The highest BCUT2D eigenvalue weighted by Crippen LogP contribution is 2.40. The smallest absolute Gasteiger partial charge is 0.321 e. The Hall–Kier alpha value is -0.910. The largest absolute Gasteiger partial charge is 0.378 e. The van der Waals surface area contributed by atoms with Crippen LogP contribution in [0.4, 0.5) is 0 Å². The minimum atomic E-state index is -1.41. The first-order valence-corrected chi connectivity index (χ1v) is 8.27. The van der Waals surface area contributed by atoms with Crippen LogP contribution in [0, 0.1) is 6.92 Å². The van der Waals surface area contributed by atoms with Gasteiger partial charge in [-0.25, -0.2) is 4.79 Å². The van der Waals surface area contributed by atoms with Crippen LogP contribution in [0.15, 0.2) is 15.8 Å². The Morgan fingerprint density at radius 1 is 1.61 bits per heavy atom. The van der Waals surface area contributed by atoms with E-state index in [1.807, 2.05) is 0 Å². The summed E-state index contributed by atoms with van der Waals surface area (Å²) in [6.07, 6.45) is 1.15. The predicted octanol–water partition coefficient (Wildman–Crippen LogP) is 0.718. The minimum absolute atomic E-state index is 0.197. The minimum Gasteiger partial charge on any atom is -0.321 e. The summed E-state index contributed by atoms with van der Waals surface area (Å²) in [5, 5.41) is -0.329. The molecule has 3 atom stereocenters. The zero-order valence-electron chi connectivity index (χ0n) is 10.1. The van der Waals surface area contributed by atoms with Crippen LogP contribution in [0.1, 0.15) is 5.56 Å². The van der Waals surface area contributed by atoms with Crippen LogP contribution in [0.2, 0.25) is 0 Å². The quantitative estimate of drug-likeness (QED) is 0.829. The molecule has 0 spiro atoms. The fourth-order valence-corrected chi connectivity index (χ4v) is 3.94. The molecule has 2 rings (SSSR count). The van der Waals surface area contributed by atoms with E-state index < -0.39 is 13.5 Å². The molecule has 6 nitrogen and oxygen atoms in total. The molecule has 1 aromatic heterocycles. The van der Waals surface area contributed by atoms with Crippen molar-refractivity contribution < 1.29 is 9.30 Å². The number of hydrogen-bond donors (Lipinski definition) is 1. The fraction of sp³-hybridized carbons (Fsp3) is 0.600. The van der Waals surface area contributed by atoms with E-state index in [2.05, 4.69) is 4.98 Å². The van der Waals surface area contributed by atoms with Crippen LogP contribution in [0.5, 0.6) is 0 Å². The highest BCUT2D eigenvalue weighted by Gasteiger charge is 2.37. The summed E-state index contributed by atoms with van der Waals surface area (Å²) in [7, 11) is -1.41. The van der Waals surface area contributed by atoms with Crippen molar-refractivity contribution in [3.8, 4) is 0 Å². The molecule has 0 aliphatic carbocycles. The van der Waals surface area contributed by atoms with E-state index >= 15 is 0 Å². The third-order valence-corrected chi connectivity index (χ3v) is 5.67. The summed E-state index contributed by atoms with van der Waals surface area (Å²) in [6, 6.07) is 0. The van der Waals surface area contributed by atoms with Gasteiger partial charge in [-0.05, 0) is 6.92 Å². The molecule has 18 heavy (non-hydrogen) atoms. The summed E-state index contributed by atoms with van der Waals surface area (Å²) in [5.41, 5.74) is -0.265. The molecule has 1 N–H and O–H groups in total. The second-order valence-electron chi connectivity index (χ2n) is 4.14. The van der Waals surface area contributed by atoms with Gasteiger partial charge in [-0.3, -0.25) is 9.36 Å². The average Bonchev–Trinajstić information content (AvgIpc) is 2.78. The standard InChI is InChI=1S/C10H13N2O4PS/c1-6-3-11-9(14)12(8(6)13)4-7-5-18-10(16-7)17(2)15/h3,7,10H,4-5H2,1-2H3/p+1. The van der Waals surface area contributed by atoms with Crippen molar-refractivity contribution in [2.45, 2.75) is 24.7 Å². The van der Waals surface area contributed by atoms with Gasteiger partial charge in [0, 0.05) is 17.5 Å². The summed E-state index contributed by atoms with van der Waals surface area (Å²) in [6.45, 7) is 3.45. The van der Waals surface area contributed by atoms with Crippen molar-refractivity contribution in [3.05, 3.63) is 32.6 Å². The van der Waals surface area contributed by atoms with E-state index in [0.717, 1.165) is 4.57 Å². The maximum absolute atomic E-state index is 11.8. The number of nitrogens with zero attached hydrogens (tertiary/aromatic N) is 1. The van der Waals surface area contributed by atoms with Crippen molar-refractivity contribution in [2.24, 2.45) is 0 Å². The maximum atomic E-state index is 11.8. The predicted molar refractivity (Wildman–Crippen MR) is 70.7 cm³/mol. The molecule has 1 saturated heterocycles. The van der Waals surface area contributed by atoms with Crippen LogP contribution in [-0.2, 0) is 15.8 Å². The van der Waals surface area contributed by atoms with Gasteiger partial charge in [-0.2, -0.15) is 0 Å². The molecule has 1 aliphatic heterocycles. The van der Waals surface area contributed by atoms with Gasteiger partial charge in [-0.1, -0.05) is 16.3 Å². The average molecular weight is 289 g/mol. The molecule has 2 heterocycles. The maximum Gasteiger partial charge on any atom is 0.378 e. The Morgan fingerprint density at radius 2 is 2.33 bits per heavy atom. The number of thioether (sulfide) groups is 1. The lowest BCUT2D eigenvalue weighted by Gasteiger charge is -2.10. The number of aromatic amines is 1. The Morgan fingerprint density at radius 3 is 2.94 bits per heavy atom. The van der Waals surface area contributed by atoms with Gasteiger partial charge >= 0.3 is 18.7 Å². The van der Waals surface area contributed by atoms with Gasteiger partial charge in [0.2, 0.25) is 0 Å². The van der Waals surface area contributed by atoms with Gasteiger partial charge in [0.15, 0.2) is 0 Å². The topological polar surface area (TPSA) is 81.2 Å². The number of ether oxygens (including phenoxy) is 1. The van der Waals surface area contributed by atoms with E-state index in [0.29, 0.717) is 11.3 Å². The highest BCUT2D eigenvalue weighted by atomic mass is 32.2. The number of aromatic nitrogens is 2. The molecule has 0 amide bonds.